The molecule has 0 saturated carbocycles. The zero-order valence-corrected chi connectivity index (χ0v) is 23.4. The van der Waals surface area contributed by atoms with Crippen molar-refractivity contribution in [2.45, 2.75) is 51.0 Å². The summed E-state index contributed by atoms with van der Waals surface area (Å²) >= 11 is 6.16. The maximum atomic E-state index is 14.2. The lowest BCUT2D eigenvalue weighted by Crippen LogP contribution is -2.43. The van der Waals surface area contributed by atoms with Crippen LogP contribution in [0.5, 0.6) is 0 Å². The average Bonchev–Trinajstić information content (AvgIpc) is 3.16. The number of methoxy groups -OCH3 is 1. The molecule has 0 aromatic heterocycles. The first kappa shape index (κ1) is 30.6. The maximum Gasteiger partial charge on any atom is 0.406 e. The molecule has 214 valence electrons. The molecule has 2 aliphatic heterocycles. The van der Waals surface area contributed by atoms with E-state index in [-0.39, 0.29) is 30.9 Å². The molecule has 2 saturated heterocycles. The van der Waals surface area contributed by atoms with E-state index < -0.39 is 18.0 Å². The first-order valence-electron chi connectivity index (χ1n) is 13.8. The number of hydrogen-bond acceptors (Lipinski definition) is 6. The summed E-state index contributed by atoms with van der Waals surface area (Å²) in [7, 11) is 3.23. The molecule has 3 rings (SSSR count). The fourth-order valence-electron chi connectivity index (χ4n) is 5.67. The number of carbonyl (C=O) groups excluding carboxylic acids is 2. The number of carbonyl (C=O) groups is 2. The molecule has 8 nitrogen and oxygen atoms in total. The molecule has 2 amide bonds. The van der Waals surface area contributed by atoms with Crippen molar-refractivity contribution in [3.05, 3.63) is 34.6 Å². The van der Waals surface area contributed by atoms with Crippen molar-refractivity contribution in [1.82, 2.24) is 15.5 Å². The van der Waals surface area contributed by atoms with E-state index in [0.717, 1.165) is 51.9 Å². The van der Waals surface area contributed by atoms with E-state index in [9.17, 15) is 14.0 Å². The Morgan fingerprint density at radius 2 is 2.08 bits per heavy atom. The van der Waals surface area contributed by atoms with Crippen LogP contribution >= 0.6 is 11.6 Å². The third kappa shape index (κ3) is 9.98. The Labute approximate surface area is 230 Å². The van der Waals surface area contributed by atoms with Crippen molar-refractivity contribution in [3.63, 3.8) is 0 Å². The molecule has 1 aromatic rings. The molecule has 4 atom stereocenters. The molecule has 0 unspecified atom stereocenters. The second-order valence-corrected chi connectivity index (χ2v) is 10.9. The Balaban J connectivity index is 1.65. The highest BCUT2D eigenvalue weighted by Gasteiger charge is 2.32. The van der Waals surface area contributed by atoms with Gasteiger partial charge in [-0.3, -0.25) is 4.79 Å². The number of piperidine rings is 1. The first-order chi connectivity index (χ1) is 18.4. The molecule has 2 aliphatic rings. The number of likely N-dealkylation sites (tertiary alicyclic amines) is 1. The lowest BCUT2D eigenvalue weighted by molar-refractivity contribution is -0.135. The first-order valence-corrected chi connectivity index (χ1v) is 14.2. The molecular weight excluding hydrogens is 513 g/mol. The van der Waals surface area contributed by atoms with Crippen LogP contribution in [0.15, 0.2) is 18.2 Å². The summed E-state index contributed by atoms with van der Waals surface area (Å²) in [6.45, 7) is 4.10. The summed E-state index contributed by atoms with van der Waals surface area (Å²) in [5.74, 6) is 0.425. The van der Waals surface area contributed by atoms with Gasteiger partial charge in [0.25, 0.3) is 0 Å². The summed E-state index contributed by atoms with van der Waals surface area (Å²) in [4.78, 5) is 26.8. The second kappa shape index (κ2) is 16.2. The molecule has 38 heavy (non-hydrogen) atoms. The van der Waals surface area contributed by atoms with Crippen molar-refractivity contribution in [2.75, 3.05) is 60.2 Å². The molecule has 2 N–H and O–H groups in total. The van der Waals surface area contributed by atoms with Crippen LogP contribution in [0.25, 0.3) is 0 Å². The van der Waals surface area contributed by atoms with Gasteiger partial charge in [0.15, 0.2) is 0 Å². The van der Waals surface area contributed by atoms with E-state index in [0.29, 0.717) is 36.0 Å². The number of hydrogen-bond donors (Lipinski definition) is 2. The monoisotopic (exact) mass is 555 g/mol. The van der Waals surface area contributed by atoms with Crippen LogP contribution < -0.4 is 10.6 Å². The summed E-state index contributed by atoms with van der Waals surface area (Å²) in [5.41, 5.74) is 0.633. The van der Waals surface area contributed by atoms with Crippen LogP contribution in [0.1, 0.15) is 56.6 Å². The van der Waals surface area contributed by atoms with Gasteiger partial charge in [-0.15, -0.1) is 0 Å². The molecule has 0 radical (unpaired) electrons. The molecule has 0 aliphatic carbocycles. The summed E-state index contributed by atoms with van der Waals surface area (Å²) in [6.07, 6.45) is 5.59. The van der Waals surface area contributed by atoms with Crippen molar-refractivity contribution in [1.29, 1.82) is 0 Å². The number of nitrogens with zero attached hydrogens (tertiary/aromatic N) is 1. The predicted octanol–water partition coefficient (Wildman–Crippen LogP) is 4.56. The third-order valence-corrected chi connectivity index (χ3v) is 7.65. The number of nitrogens with one attached hydrogen (secondary N) is 2. The van der Waals surface area contributed by atoms with Crippen LogP contribution in [0.4, 0.5) is 9.18 Å². The Morgan fingerprint density at radius 1 is 1.24 bits per heavy atom. The molecular formula is C28H43ClFN3O5. The van der Waals surface area contributed by atoms with E-state index in [1.54, 1.807) is 6.07 Å². The van der Waals surface area contributed by atoms with Crippen LogP contribution in [0.2, 0.25) is 5.02 Å². The highest BCUT2D eigenvalue weighted by Crippen LogP contribution is 2.35. The number of halogens is 2. The van der Waals surface area contributed by atoms with Gasteiger partial charge < -0.3 is 29.7 Å². The largest absolute Gasteiger partial charge is 0.453 e. The summed E-state index contributed by atoms with van der Waals surface area (Å²) in [6, 6.07) is 4.41. The topological polar surface area (TPSA) is 89.1 Å². The minimum Gasteiger partial charge on any atom is -0.453 e. The van der Waals surface area contributed by atoms with Crippen molar-refractivity contribution in [3.8, 4) is 0 Å². The van der Waals surface area contributed by atoms with E-state index in [4.69, 9.17) is 21.1 Å². The van der Waals surface area contributed by atoms with E-state index in [1.165, 1.54) is 25.7 Å². The Morgan fingerprint density at radius 3 is 2.84 bits per heavy atom. The highest BCUT2D eigenvalue weighted by atomic mass is 35.5. The van der Waals surface area contributed by atoms with Gasteiger partial charge in [-0.05, 0) is 81.3 Å². The molecule has 2 fully saturated rings. The molecule has 0 spiro atoms. The average molecular weight is 556 g/mol. The van der Waals surface area contributed by atoms with Crippen LogP contribution in [0, 0.1) is 23.6 Å². The lowest BCUT2D eigenvalue weighted by Gasteiger charge is -2.38. The minimum absolute atomic E-state index is 0.0262. The fourth-order valence-corrected chi connectivity index (χ4v) is 5.90. The number of alkyl carbamates (subject to hydrolysis) is 1. The van der Waals surface area contributed by atoms with E-state index >= 15 is 0 Å². The van der Waals surface area contributed by atoms with Gasteiger partial charge in [-0.2, -0.15) is 0 Å². The smallest absolute Gasteiger partial charge is 0.406 e. The summed E-state index contributed by atoms with van der Waals surface area (Å²) < 4.78 is 30.8. The third-order valence-electron chi connectivity index (χ3n) is 7.43. The van der Waals surface area contributed by atoms with Gasteiger partial charge in [0, 0.05) is 50.2 Å². The number of rotatable bonds is 12. The lowest BCUT2D eigenvalue weighted by atomic mass is 9.86. The second-order valence-electron chi connectivity index (χ2n) is 10.5. The molecule has 1 aromatic carbocycles. The molecule has 0 bridgehead atoms. The predicted molar refractivity (Wildman–Crippen MR) is 145 cm³/mol. The van der Waals surface area contributed by atoms with Gasteiger partial charge in [0.1, 0.15) is 5.82 Å². The van der Waals surface area contributed by atoms with Crippen LogP contribution in [-0.4, -0.2) is 77.1 Å². The van der Waals surface area contributed by atoms with Gasteiger partial charge in [-0.25, -0.2) is 9.18 Å². The van der Waals surface area contributed by atoms with E-state index in [2.05, 4.69) is 15.4 Å². The van der Waals surface area contributed by atoms with Gasteiger partial charge in [-0.1, -0.05) is 18.0 Å². The molecule has 2 heterocycles. The van der Waals surface area contributed by atoms with Gasteiger partial charge >= 0.3 is 6.09 Å². The zero-order chi connectivity index (χ0) is 27.3. The Kier molecular flexibility index (Phi) is 13.1. The van der Waals surface area contributed by atoms with Gasteiger partial charge in [0.2, 0.25) is 5.91 Å². The van der Waals surface area contributed by atoms with Gasteiger partial charge in [0.05, 0.1) is 19.8 Å². The molecule has 10 heteroatoms. The van der Waals surface area contributed by atoms with Crippen LogP contribution in [0.3, 0.4) is 0 Å². The zero-order valence-electron chi connectivity index (χ0n) is 22.7. The number of amides is 2. The van der Waals surface area contributed by atoms with Crippen molar-refractivity contribution >= 4 is 23.6 Å². The van der Waals surface area contributed by atoms with Crippen molar-refractivity contribution in [2.24, 2.45) is 17.8 Å². The number of ether oxygens (including phenoxy) is 3. The fraction of sp³-hybridized carbons (Fsp3) is 0.714. The Hall–Kier alpha value is -1.94. The summed E-state index contributed by atoms with van der Waals surface area (Å²) in [5, 5.41) is 6.15. The highest BCUT2D eigenvalue weighted by molar-refractivity contribution is 6.30. The standard InChI is InChI=1S/C28H43ClFN3O5/c1-31-17-21(12-20-6-3-4-10-37-19-20)13-26(34)33-9-5-7-22(18-33)27(38-11-8-32-28(35)36-2)23-14-24(29)16-25(30)15-23/h14-16,20-22,27,31H,3-13,17-19H2,1-2H3,(H,32,35)/t20-,21-,22-,27-/m1/s1. The maximum absolute atomic E-state index is 14.2. The van der Waals surface area contributed by atoms with E-state index in [1.807, 2.05) is 11.9 Å². The Bertz CT molecular complexity index is 864. The normalized spacial score (nSPS) is 21.8. The minimum atomic E-state index is -0.542. The quantitative estimate of drug-likeness (QED) is 0.367. The van der Waals surface area contributed by atoms with Crippen molar-refractivity contribution < 1.29 is 28.2 Å². The SMILES string of the molecule is CNC[C@@H](CC(=O)N1CCC[C@@H]([C@@H](OCCNC(=O)OC)c2cc(F)cc(Cl)c2)C1)C[C@H]1CCCCOC1. The van der Waals surface area contributed by atoms with Crippen LogP contribution in [-0.2, 0) is 19.0 Å². The number of benzene rings is 1.